The molecular formula is C24H28N4O5. The van der Waals surface area contributed by atoms with E-state index in [4.69, 9.17) is 14.0 Å². The van der Waals surface area contributed by atoms with E-state index in [1.54, 1.807) is 43.3 Å². The lowest BCUT2D eigenvalue weighted by Crippen LogP contribution is -2.15. The van der Waals surface area contributed by atoms with Crippen molar-refractivity contribution < 1.29 is 23.6 Å². The Morgan fingerprint density at radius 1 is 0.970 bits per heavy atom. The smallest absolute Gasteiger partial charge is 0.255 e. The van der Waals surface area contributed by atoms with Crippen LogP contribution in [0, 0.1) is 6.92 Å². The van der Waals surface area contributed by atoms with Crippen LogP contribution in [0.1, 0.15) is 48.8 Å². The molecule has 174 valence electrons. The first-order valence-electron chi connectivity index (χ1n) is 10.9. The standard InChI is InChI=1S/C24H28N4O5/c1-4-31-20-15-19(27-24(30)17-10-7-6-8-11-17)21(32-5-2)14-18(20)26-22(29)12-9-13-23-25-16(3)28-33-23/h6-8,10-11,14-15H,4-5,9,12-13H2,1-3H3,(H,26,29)(H,27,30). The Balaban J connectivity index is 1.73. The topological polar surface area (TPSA) is 116 Å². The van der Waals surface area contributed by atoms with Gasteiger partial charge in [0, 0.05) is 30.5 Å². The van der Waals surface area contributed by atoms with Crippen molar-refractivity contribution in [3.63, 3.8) is 0 Å². The number of rotatable bonds is 11. The predicted octanol–water partition coefficient (Wildman–Crippen LogP) is 4.39. The van der Waals surface area contributed by atoms with Crippen molar-refractivity contribution in [3.8, 4) is 11.5 Å². The lowest BCUT2D eigenvalue weighted by Gasteiger charge is -2.18. The highest BCUT2D eigenvalue weighted by Crippen LogP contribution is 2.37. The van der Waals surface area contributed by atoms with Crippen LogP contribution < -0.4 is 20.1 Å². The van der Waals surface area contributed by atoms with Gasteiger partial charge in [0.15, 0.2) is 5.82 Å². The molecule has 0 spiro atoms. The first-order valence-corrected chi connectivity index (χ1v) is 10.9. The van der Waals surface area contributed by atoms with Gasteiger partial charge in [0.25, 0.3) is 5.91 Å². The average molecular weight is 453 g/mol. The third-order valence-electron chi connectivity index (χ3n) is 4.60. The molecule has 0 aliphatic heterocycles. The van der Waals surface area contributed by atoms with Crippen LogP contribution in [0.3, 0.4) is 0 Å². The summed E-state index contributed by atoms with van der Waals surface area (Å²) in [6, 6.07) is 12.2. The largest absolute Gasteiger partial charge is 0.492 e. The Labute approximate surface area is 192 Å². The fraction of sp³-hybridized carbons (Fsp3) is 0.333. The molecular weight excluding hydrogens is 424 g/mol. The molecule has 0 fully saturated rings. The monoisotopic (exact) mass is 452 g/mol. The van der Waals surface area contributed by atoms with Crippen LogP contribution in [0.15, 0.2) is 47.0 Å². The van der Waals surface area contributed by atoms with Crippen LogP contribution in [0.4, 0.5) is 11.4 Å². The van der Waals surface area contributed by atoms with Crippen LogP contribution in [-0.4, -0.2) is 35.2 Å². The van der Waals surface area contributed by atoms with E-state index in [0.29, 0.717) is 66.2 Å². The maximum atomic E-state index is 12.6. The molecule has 0 radical (unpaired) electrons. The molecule has 3 rings (SSSR count). The fourth-order valence-corrected chi connectivity index (χ4v) is 3.14. The fourth-order valence-electron chi connectivity index (χ4n) is 3.14. The maximum absolute atomic E-state index is 12.6. The Hall–Kier alpha value is -3.88. The molecule has 2 amide bonds. The zero-order valence-corrected chi connectivity index (χ0v) is 19.0. The predicted molar refractivity (Wildman–Crippen MR) is 124 cm³/mol. The highest BCUT2D eigenvalue weighted by Gasteiger charge is 2.17. The van der Waals surface area contributed by atoms with Gasteiger partial charge < -0.3 is 24.6 Å². The summed E-state index contributed by atoms with van der Waals surface area (Å²) in [7, 11) is 0. The lowest BCUT2D eigenvalue weighted by atomic mass is 10.1. The van der Waals surface area contributed by atoms with Gasteiger partial charge in [0.2, 0.25) is 11.8 Å². The second-order valence-corrected chi connectivity index (χ2v) is 7.17. The lowest BCUT2D eigenvalue weighted by molar-refractivity contribution is -0.116. The van der Waals surface area contributed by atoms with E-state index in [-0.39, 0.29) is 18.2 Å². The zero-order valence-electron chi connectivity index (χ0n) is 19.0. The molecule has 0 saturated carbocycles. The molecule has 0 bridgehead atoms. The van der Waals surface area contributed by atoms with Crippen molar-refractivity contribution in [3.05, 3.63) is 59.7 Å². The molecule has 9 nitrogen and oxygen atoms in total. The number of aromatic nitrogens is 2. The molecule has 0 atom stereocenters. The molecule has 0 aliphatic carbocycles. The van der Waals surface area contributed by atoms with Crippen molar-refractivity contribution in [2.24, 2.45) is 0 Å². The minimum Gasteiger partial charge on any atom is -0.492 e. The number of hydrogen-bond acceptors (Lipinski definition) is 7. The molecule has 0 unspecified atom stereocenters. The Kier molecular flexibility index (Phi) is 8.40. The number of hydrogen-bond donors (Lipinski definition) is 2. The van der Waals surface area contributed by atoms with E-state index in [0.717, 1.165) is 0 Å². The van der Waals surface area contributed by atoms with Crippen molar-refractivity contribution in [2.45, 2.75) is 40.0 Å². The molecule has 2 N–H and O–H groups in total. The van der Waals surface area contributed by atoms with Gasteiger partial charge in [-0.3, -0.25) is 9.59 Å². The summed E-state index contributed by atoms with van der Waals surface area (Å²) < 4.78 is 16.5. The Bertz CT molecular complexity index is 1080. The molecule has 0 aliphatic rings. The summed E-state index contributed by atoms with van der Waals surface area (Å²) in [5.74, 6) is 1.49. The maximum Gasteiger partial charge on any atom is 0.255 e. The van der Waals surface area contributed by atoms with Crippen molar-refractivity contribution >= 4 is 23.2 Å². The molecule has 1 aromatic heterocycles. The van der Waals surface area contributed by atoms with Gasteiger partial charge >= 0.3 is 0 Å². The highest BCUT2D eigenvalue weighted by atomic mass is 16.5. The third-order valence-corrected chi connectivity index (χ3v) is 4.60. The van der Waals surface area contributed by atoms with E-state index in [9.17, 15) is 9.59 Å². The van der Waals surface area contributed by atoms with E-state index < -0.39 is 0 Å². The van der Waals surface area contributed by atoms with Gasteiger partial charge in [-0.1, -0.05) is 23.4 Å². The first-order chi connectivity index (χ1) is 16.0. The number of nitrogens with one attached hydrogen (secondary N) is 2. The molecule has 1 heterocycles. The van der Waals surface area contributed by atoms with Gasteiger partial charge in [-0.25, -0.2) is 0 Å². The van der Waals surface area contributed by atoms with Crippen LogP contribution in [0.25, 0.3) is 0 Å². The number of anilines is 2. The highest BCUT2D eigenvalue weighted by molar-refractivity contribution is 6.05. The number of carbonyl (C=O) groups excluding carboxylic acids is 2. The minimum absolute atomic E-state index is 0.185. The molecule has 3 aromatic rings. The summed E-state index contributed by atoms with van der Waals surface area (Å²) in [5, 5.41) is 9.48. The normalized spacial score (nSPS) is 10.5. The van der Waals surface area contributed by atoms with Crippen molar-refractivity contribution in [1.82, 2.24) is 10.1 Å². The first kappa shape index (κ1) is 23.8. The minimum atomic E-state index is -0.271. The summed E-state index contributed by atoms with van der Waals surface area (Å²) in [6.45, 7) is 6.21. The molecule has 2 aromatic carbocycles. The van der Waals surface area contributed by atoms with Crippen LogP contribution in [0.2, 0.25) is 0 Å². The average Bonchev–Trinajstić information content (AvgIpc) is 3.22. The van der Waals surface area contributed by atoms with Gasteiger partial charge in [-0.2, -0.15) is 4.98 Å². The van der Waals surface area contributed by atoms with Crippen LogP contribution in [-0.2, 0) is 11.2 Å². The second kappa shape index (κ2) is 11.7. The van der Waals surface area contributed by atoms with Crippen LogP contribution >= 0.6 is 0 Å². The van der Waals surface area contributed by atoms with E-state index in [1.165, 1.54) is 0 Å². The summed E-state index contributed by atoms with van der Waals surface area (Å²) in [4.78, 5) is 29.3. The molecule has 33 heavy (non-hydrogen) atoms. The SMILES string of the molecule is CCOc1cc(NC(=O)c2ccccc2)c(OCC)cc1NC(=O)CCCc1nc(C)no1. The van der Waals surface area contributed by atoms with Crippen molar-refractivity contribution in [1.29, 1.82) is 0 Å². The van der Waals surface area contributed by atoms with Gasteiger partial charge in [0.1, 0.15) is 11.5 Å². The van der Waals surface area contributed by atoms with Gasteiger partial charge in [-0.15, -0.1) is 0 Å². The van der Waals surface area contributed by atoms with Gasteiger partial charge in [-0.05, 0) is 39.3 Å². The Morgan fingerprint density at radius 2 is 1.61 bits per heavy atom. The van der Waals surface area contributed by atoms with E-state index in [2.05, 4.69) is 20.8 Å². The summed E-state index contributed by atoms with van der Waals surface area (Å²) >= 11 is 0. The van der Waals surface area contributed by atoms with E-state index in [1.807, 2.05) is 19.9 Å². The second-order valence-electron chi connectivity index (χ2n) is 7.17. The van der Waals surface area contributed by atoms with Crippen molar-refractivity contribution in [2.75, 3.05) is 23.8 Å². The number of carbonyl (C=O) groups is 2. The molecule has 9 heteroatoms. The molecule has 0 saturated heterocycles. The van der Waals surface area contributed by atoms with Crippen LogP contribution in [0.5, 0.6) is 11.5 Å². The van der Waals surface area contributed by atoms with E-state index >= 15 is 0 Å². The number of benzene rings is 2. The number of nitrogens with zero attached hydrogens (tertiary/aromatic N) is 2. The quantitative estimate of drug-likeness (QED) is 0.443. The number of ether oxygens (including phenoxy) is 2. The summed E-state index contributed by atoms with van der Waals surface area (Å²) in [5.41, 5.74) is 1.45. The number of aryl methyl sites for hydroxylation is 2. The number of amides is 2. The zero-order chi connectivity index (χ0) is 23.6. The third kappa shape index (κ3) is 6.80. The Morgan fingerprint density at radius 3 is 2.18 bits per heavy atom. The summed E-state index contributed by atoms with van der Waals surface area (Å²) in [6.07, 6.45) is 1.34. The van der Waals surface area contributed by atoms with Gasteiger partial charge in [0.05, 0.1) is 24.6 Å².